The molecule has 1 heterocycles. The Bertz CT molecular complexity index is 393. The van der Waals surface area contributed by atoms with Gasteiger partial charge < -0.3 is 4.57 Å². The van der Waals surface area contributed by atoms with E-state index in [2.05, 4.69) is 22.0 Å². The molecule has 0 aliphatic carbocycles. The van der Waals surface area contributed by atoms with Crippen LogP contribution < -0.4 is 5.56 Å². The van der Waals surface area contributed by atoms with Crippen LogP contribution in [-0.4, -0.2) is 4.57 Å². The average molecular weight is 258 g/mol. The lowest BCUT2D eigenvalue weighted by atomic mass is 10.1. The first kappa shape index (κ1) is 11.5. The molecule has 0 radical (unpaired) electrons. The highest BCUT2D eigenvalue weighted by atomic mass is 79.9. The van der Waals surface area contributed by atoms with Crippen LogP contribution in [0, 0.1) is 13.8 Å². The molecule has 1 aromatic heterocycles. The molecule has 0 fully saturated rings. The summed E-state index contributed by atoms with van der Waals surface area (Å²) in [7, 11) is 0. The summed E-state index contributed by atoms with van der Waals surface area (Å²) in [4.78, 5) is 12.0. The average Bonchev–Trinajstić information content (AvgIpc) is 2.02. The summed E-state index contributed by atoms with van der Waals surface area (Å²) >= 11 is 3.35. The van der Waals surface area contributed by atoms with Crippen LogP contribution >= 0.6 is 15.9 Å². The van der Waals surface area contributed by atoms with E-state index in [4.69, 9.17) is 0 Å². The Balaban J connectivity index is 3.53. The third kappa shape index (κ3) is 1.92. The highest BCUT2D eigenvalue weighted by molar-refractivity contribution is 9.08. The monoisotopic (exact) mass is 257 g/mol. The molecule has 1 rings (SSSR count). The Hall–Kier alpha value is -0.570. The zero-order valence-electron chi connectivity index (χ0n) is 9.10. The van der Waals surface area contributed by atoms with Crippen molar-refractivity contribution in [2.75, 3.05) is 0 Å². The molecule has 0 bridgehead atoms. The van der Waals surface area contributed by atoms with E-state index >= 15 is 0 Å². The number of aryl methyl sites for hydroxylation is 2. The zero-order valence-corrected chi connectivity index (χ0v) is 10.7. The predicted octanol–water partition coefficient (Wildman–Crippen LogP) is 2.94. The van der Waals surface area contributed by atoms with Gasteiger partial charge in [0.1, 0.15) is 0 Å². The molecule has 0 spiro atoms. The summed E-state index contributed by atoms with van der Waals surface area (Å²) in [6.45, 7) is 8.02. The van der Waals surface area contributed by atoms with E-state index in [-0.39, 0.29) is 11.6 Å². The maximum atomic E-state index is 12.0. The molecule has 0 aliphatic heterocycles. The second-order valence-electron chi connectivity index (χ2n) is 3.85. The van der Waals surface area contributed by atoms with Gasteiger partial charge in [-0.15, -0.1) is 0 Å². The molecule has 0 N–H and O–H groups in total. The molecule has 0 atom stereocenters. The lowest BCUT2D eigenvalue weighted by Gasteiger charge is -2.16. The summed E-state index contributed by atoms with van der Waals surface area (Å²) < 4.78 is 1.84. The summed E-state index contributed by atoms with van der Waals surface area (Å²) in [5, 5.41) is 0.630. The van der Waals surface area contributed by atoms with E-state index in [0.29, 0.717) is 5.33 Å². The van der Waals surface area contributed by atoms with Crippen molar-refractivity contribution in [2.24, 2.45) is 0 Å². The number of nitrogens with zero attached hydrogens (tertiary/aromatic N) is 1. The van der Waals surface area contributed by atoms with Gasteiger partial charge in [0.15, 0.2) is 0 Å². The molecule has 0 amide bonds. The molecule has 3 heteroatoms. The van der Waals surface area contributed by atoms with Crippen LogP contribution in [0.2, 0.25) is 0 Å². The molecule has 78 valence electrons. The Morgan fingerprint density at radius 3 is 2.43 bits per heavy atom. The number of aromatic nitrogens is 1. The SMILES string of the molecule is Cc1cc(C)n(C(C)C)c(=O)c1CBr. The van der Waals surface area contributed by atoms with Gasteiger partial charge in [0.05, 0.1) is 0 Å². The second-order valence-corrected chi connectivity index (χ2v) is 4.41. The van der Waals surface area contributed by atoms with Gasteiger partial charge in [-0.3, -0.25) is 4.79 Å². The van der Waals surface area contributed by atoms with E-state index in [1.54, 1.807) is 0 Å². The fraction of sp³-hybridized carbons (Fsp3) is 0.545. The summed E-state index contributed by atoms with van der Waals surface area (Å²) in [5.74, 6) is 0. The van der Waals surface area contributed by atoms with Gasteiger partial charge in [0.25, 0.3) is 5.56 Å². The Kier molecular flexibility index (Phi) is 3.53. The van der Waals surface area contributed by atoms with E-state index in [9.17, 15) is 4.79 Å². The van der Waals surface area contributed by atoms with Crippen LogP contribution in [0.15, 0.2) is 10.9 Å². The van der Waals surface area contributed by atoms with Gasteiger partial charge in [-0.2, -0.15) is 0 Å². The summed E-state index contributed by atoms with van der Waals surface area (Å²) in [6.07, 6.45) is 0. The van der Waals surface area contributed by atoms with Crippen molar-refractivity contribution in [1.82, 2.24) is 4.57 Å². The third-order valence-electron chi connectivity index (χ3n) is 2.41. The molecule has 0 saturated heterocycles. The van der Waals surface area contributed by atoms with Gasteiger partial charge >= 0.3 is 0 Å². The molecule has 0 unspecified atom stereocenters. The van der Waals surface area contributed by atoms with Crippen molar-refractivity contribution < 1.29 is 0 Å². The highest BCUT2D eigenvalue weighted by Gasteiger charge is 2.10. The minimum atomic E-state index is 0.134. The molecule has 14 heavy (non-hydrogen) atoms. The Morgan fingerprint density at radius 1 is 1.43 bits per heavy atom. The number of halogens is 1. The molecule has 2 nitrogen and oxygen atoms in total. The number of alkyl halides is 1. The predicted molar refractivity (Wildman–Crippen MR) is 63.2 cm³/mol. The lowest BCUT2D eigenvalue weighted by molar-refractivity contribution is 0.558. The fourth-order valence-corrected chi connectivity index (χ4v) is 2.43. The van der Waals surface area contributed by atoms with E-state index in [0.717, 1.165) is 16.8 Å². The molecular weight excluding hydrogens is 242 g/mol. The van der Waals surface area contributed by atoms with Crippen LogP contribution in [0.25, 0.3) is 0 Å². The standard InChI is InChI=1S/C11H16BrNO/c1-7(2)13-9(4)5-8(3)10(6-12)11(13)14/h5,7H,6H2,1-4H3. The van der Waals surface area contributed by atoms with E-state index < -0.39 is 0 Å². The number of pyridine rings is 1. The van der Waals surface area contributed by atoms with Crippen LogP contribution in [0.5, 0.6) is 0 Å². The maximum absolute atomic E-state index is 12.0. The third-order valence-corrected chi connectivity index (χ3v) is 2.97. The van der Waals surface area contributed by atoms with Crippen LogP contribution in [0.1, 0.15) is 36.7 Å². The number of rotatable bonds is 2. The molecule has 1 aromatic rings. The van der Waals surface area contributed by atoms with Gasteiger partial charge in [-0.05, 0) is 39.3 Å². The van der Waals surface area contributed by atoms with Gasteiger partial charge in [0.2, 0.25) is 0 Å². The quantitative estimate of drug-likeness (QED) is 0.747. The minimum Gasteiger partial charge on any atom is -0.310 e. The van der Waals surface area contributed by atoms with Crippen molar-refractivity contribution in [1.29, 1.82) is 0 Å². The Morgan fingerprint density at radius 2 is 2.00 bits per heavy atom. The summed E-state index contributed by atoms with van der Waals surface area (Å²) in [5.41, 5.74) is 3.10. The first-order valence-corrected chi connectivity index (χ1v) is 5.88. The Labute approximate surface area is 93.1 Å². The van der Waals surface area contributed by atoms with Crippen molar-refractivity contribution in [3.05, 3.63) is 33.2 Å². The largest absolute Gasteiger partial charge is 0.310 e. The van der Waals surface area contributed by atoms with Crippen LogP contribution in [0.3, 0.4) is 0 Å². The highest BCUT2D eigenvalue weighted by Crippen LogP contribution is 2.12. The first-order chi connectivity index (χ1) is 6.49. The number of hydrogen-bond acceptors (Lipinski definition) is 1. The van der Waals surface area contributed by atoms with Crippen molar-refractivity contribution in [2.45, 2.75) is 39.1 Å². The van der Waals surface area contributed by atoms with Crippen molar-refractivity contribution in [3.63, 3.8) is 0 Å². The fourth-order valence-electron chi connectivity index (χ4n) is 1.75. The molecular formula is C11H16BrNO. The van der Waals surface area contributed by atoms with Gasteiger partial charge in [-0.25, -0.2) is 0 Å². The topological polar surface area (TPSA) is 22.0 Å². The lowest BCUT2D eigenvalue weighted by Crippen LogP contribution is -2.27. The second kappa shape index (κ2) is 4.30. The normalized spacial score (nSPS) is 11.0. The van der Waals surface area contributed by atoms with E-state index in [1.165, 1.54) is 0 Å². The zero-order chi connectivity index (χ0) is 10.9. The van der Waals surface area contributed by atoms with Crippen LogP contribution in [0.4, 0.5) is 0 Å². The summed E-state index contributed by atoms with van der Waals surface area (Å²) in [6, 6.07) is 2.29. The molecule has 0 aliphatic rings. The van der Waals surface area contributed by atoms with Crippen molar-refractivity contribution >= 4 is 15.9 Å². The van der Waals surface area contributed by atoms with Crippen LogP contribution in [-0.2, 0) is 5.33 Å². The van der Waals surface area contributed by atoms with Crippen molar-refractivity contribution in [3.8, 4) is 0 Å². The molecule has 0 saturated carbocycles. The van der Waals surface area contributed by atoms with E-state index in [1.807, 2.05) is 32.3 Å². The smallest absolute Gasteiger partial charge is 0.255 e. The number of hydrogen-bond donors (Lipinski definition) is 0. The molecule has 0 aromatic carbocycles. The minimum absolute atomic E-state index is 0.134. The van der Waals surface area contributed by atoms with Gasteiger partial charge in [-0.1, -0.05) is 15.9 Å². The van der Waals surface area contributed by atoms with Gasteiger partial charge in [0, 0.05) is 22.6 Å². The first-order valence-electron chi connectivity index (χ1n) is 4.76. The maximum Gasteiger partial charge on any atom is 0.255 e.